The first-order chi connectivity index (χ1) is 13.0. The van der Waals surface area contributed by atoms with Gasteiger partial charge in [0, 0.05) is 27.9 Å². The molecule has 0 saturated heterocycles. The highest BCUT2D eigenvalue weighted by molar-refractivity contribution is 9.10. The molecule has 1 N–H and O–H groups in total. The number of halogens is 2. The van der Waals surface area contributed by atoms with Crippen molar-refractivity contribution in [2.24, 2.45) is 0 Å². The molecule has 0 bridgehead atoms. The van der Waals surface area contributed by atoms with Crippen molar-refractivity contribution in [2.45, 2.75) is 6.54 Å². The molecular weight excluding hydrogens is 417 g/mol. The van der Waals surface area contributed by atoms with E-state index in [-0.39, 0.29) is 18.0 Å². The lowest BCUT2D eigenvalue weighted by Gasteiger charge is -2.09. The molecule has 0 spiro atoms. The molecule has 3 rings (SSSR count). The number of benzene rings is 2. The van der Waals surface area contributed by atoms with Gasteiger partial charge in [-0.1, -0.05) is 28.1 Å². The average molecular weight is 432 g/mol. The fourth-order valence-electron chi connectivity index (χ4n) is 2.44. The number of nitrogens with zero attached hydrogens (tertiary/aromatic N) is 2. The zero-order valence-electron chi connectivity index (χ0n) is 14.3. The largest absolute Gasteiger partial charge is 0.494 e. The highest BCUT2D eigenvalue weighted by Crippen LogP contribution is 2.21. The molecule has 0 aliphatic carbocycles. The first kappa shape index (κ1) is 18.8. The van der Waals surface area contributed by atoms with E-state index in [1.165, 1.54) is 25.3 Å². The standard InChI is InChI=1S/C19H15BrFN3O3/c1-27-17-7-5-14(10-15(17)21)22-18(25)11-24-19(26)8-6-16(23-24)12-3-2-4-13(20)9-12/h2-10H,11H2,1H3,(H,22,25). The third-order valence-corrected chi connectivity index (χ3v) is 4.21. The lowest BCUT2D eigenvalue weighted by atomic mass is 10.1. The van der Waals surface area contributed by atoms with Crippen LogP contribution in [0.4, 0.5) is 10.1 Å². The van der Waals surface area contributed by atoms with Crippen LogP contribution in [0.15, 0.2) is 63.9 Å². The summed E-state index contributed by atoms with van der Waals surface area (Å²) < 4.78 is 20.5. The molecule has 0 fully saturated rings. The Morgan fingerprint density at radius 2 is 2.04 bits per heavy atom. The van der Waals surface area contributed by atoms with E-state index in [1.54, 1.807) is 6.07 Å². The van der Waals surface area contributed by atoms with E-state index in [0.29, 0.717) is 5.69 Å². The second-order valence-corrected chi connectivity index (χ2v) is 6.54. The van der Waals surface area contributed by atoms with E-state index in [1.807, 2.05) is 24.3 Å². The lowest BCUT2D eigenvalue weighted by molar-refractivity contribution is -0.117. The first-order valence-corrected chi connectivity index (χ1v) is 8.73. The number of hydrogen-bond acceptors (Lipinski definition) is 4. The van der Waals surface area contributed by atoms with Crippen molar-refractivity contribution < 1.29 is 13.9 Å². The molecule has 3 aromatic rings. The van der Waals surface area contributed by atoms with Gasteiger partial charge in [-0.2, -0.15) is 5.10 Å². The summed E-state index contributed by atoms with van der Waals surface area (Å²) in [5, 5.41) is 6.78. The Morgan fingerprint density at radius 3 is 2.74 bits per heavy atom. The van der Waals surface area contributed by atoms with E-state index in [4.69, 9.17) is 4.74 Å². The Balaban J connectivity index is 1.78. The third kappa shape index (κ3) is 4.59. The summed E-state index contributed by atoms with van der Waals surface area (Å²) >= 11 is 3.39. The second-order valence-electron chi connectivity index (χ2n) is 5.62. The number of hydrogen-bond donors (Lipinski definition) is 1. The molecule has 1 amide bonds. The molecule has 0 aliphatic heterocycles. The summed E-state index contributed by atoms with van der Waals surface area (Å²) in [4.78, 5) is 24.3. The van der Waals surface area contributed by atoms with Gasteiger partial charge in [0.25, 0.3) is 5.56 Å². The number of methoxy groups -OCH3 is 1. The van der Waals surface area contributed by atoms with Crippen molar-refractivity contribution >= 4 is 27.5 Å². The summed E-state index contributed by atoms with van der Waals surface area (Å²) in [6, 6.07) is 14.4. The molecule has 1 heterocycles. The van der Waals surface area contributed by atoms with Crippen LogP contribution in [0.5, 0.6) is 5.75 Å². The SMILES string of the molecule is COc1ccc(NC(=O)Cn2nc(-c3cccc(Br)c3)ccc2=O)cc1F. The smallest absolute Gasteiger partial charge is 0.267 e. The van der Waals surface area contributed by atoms with E-state index in [2.05, 4.69) is 26.3 Å². The number of rotatable bonds is 5. The molecule has 1 aromatic heterocycles. The van der Waals surface area contributed by atoms with Gasteiger partial charge in [-0.25, -0.2) is 9.07 Å². The van der Waals surface area contributed by atoms with Crippen molar-refractivity contribution in [1.29, 1.82) is 0 Å². The van der Waals surface area contributed by atoms with Crippen LogP contribution >= 0.6 is 15.9 Å². The number of anilines is 1. The number of carbonyl (C=O) groups is 1. The Bertz CT molecular complexity index is 1050. The number of carbonyl (C=O) groups excluding carboxylic acids is 1. The van der Waals surface area contributed by atoms with Crippen LogP contribution in [0.3, 0.4) is 0 Å². The van der Waals surface area contributed by atoms with Crippen LogP contribution in [0.1, 0.15) is 0 Å². The Morgan fingerprint density at radius 1 is 1.22 bits per heavy atom. The molecular formula is C19H15BrFN3O3. The van der Waals surface area contributed by atoms with Gasteiger partial charge in [-0.05, 0) is 30.3 Å². The van der Waals surface area contributed by atoms with Crippen LogP contribution < -0.4 is 15.6 Å². The van der Waals surface area contributed by atoms with Crippen LogP contribution in [0.25, 0.3) is 11.3 Å². The lowest BCUT2D eigenvalue weighted by Crippen LogP contribution is -2.29. The normalized spacial score (nSPS) is 10.5. The summed E-state index contributed by atoms with van der Waals surface area (Å²) in [5.41, 5.74) is 1.20. The summed E-state index contributed by atoms with van der Waals surface area (Å²) in [6.07, 6.45) is 0. The van der Waals surface area contributed by atoms with Gasteiger partial charge in [-0.3, -0.25) is 9.59 Å². The van der Waals surface area contributed by atoms with Crippen LogP contribution in [0, 0.1) is 5.82 Å². The maximum Gasteiger partial charge on any atom is 0.267 e. The maximum atomic E-state index is 13.7. The second kappa shape index (κ2) is 8.13. The average Bonchev–Trinajstić information content (AvgIpc) is 2.63. The molecule has 0 radical (unpaired) electrons. The fraction of sp³-hybridized carbons (Fsp3) is 0.105. The predicted octanol–water partition coefficient (Wildman–Crippen LogP) is 3.46. The Kier molecular flexibility index (Phi) is 5.66. The Hall–Kier alpha value is -3.00. The van der Waals surface area contributed by atoms with Gasteiger partial charge in [0.1, 0.15) is 6.54 Å². The van der Waals surface area contributed by atoms with E-state index >= 15 is 0 Å². The van der Waals surface area contributed by atoms with Crippen LogP contribution in [-0.2, 0) is 11.3 Å². The highest BCUT2D eigenvalue weighted by atomic mass is 79.9. The summed E-state index contributed by atoms with van der Waals surface area (Å²) in [5.74, 6) is -1.02. The van der Waals surface area contributed by atoms with Crippen LogP contribution in [-0.4, -0.2) is 22.8 Å². The fourth-order valence-corrected chi connectivity index (χ4v) is 2.84. The van der Waals surface area contributed by atoms with Crippen molar-refractivity contribution in [1.82, 2.24) is 9.78 Å². The van der Waals surface area contributed by atoms with E-state index in [9.17, 15) is 14.0 Å². The van der Waals surface area contributed by atoms with Crippen LogP contribution in [0.2, 0.25) is 0 Å². The van der Waals surface area contributed by atoms with Gasteiger partial charge in [0.15, 0.2) is 11.6 Å². The monoisotopic (exact) mass is 431 g/mol. The zero-order chi connectivity index (χ0) is 19.4. The molecule has 0 unspecified atom stereocenters. The minimum Gasteiger partial charge on any atom is -0.494 e. The molecule has 138 valence electrons. The van der Waals surface area contributed by atoms with Gasteiger partial charge >= 0.3 is 0 Å². The number of aromatic nitrogens is 2. The van der Waals surface area contributed by atoms with Crippen molar-refractivity contribution in [2.75, 3.05) is 12.4 Å². The zero-order valence-corrected chi connectivity index (χ0v) is 15.9. The quantitative estimate of drug-likeness (QED) is 0.671. The van der Waals surface area contributed by atoms with E-state index in [0.717, 1.165) is 20.8 Å². The van der Waals surface area contributed by atoms with E-state index < -0.39 is 17.3 Å². The van der Waals surface area contributed by atoms with Crippen molar-refractivity contribution in [3.8, 4) is 17.0 Å². The topological polar surface area (TPSA) is 73.2 Å². The summed E-state index contributed by atoms with van der Waals surface area (Å²) in [6.45, 7) is -0.297. The molecule has 0 aliphatic rings. The minimum absolute atomic E-state index is 0.0765. The van der Waals surface area contributed by atoms with Gasteiger partial charge in [-0.15, -0.1) is 0 Å². The minimum atomic E-state index is -0.595. The summed E-state index contributed by atoms with van der Waals surface area (Å²) in [7, 11) is 1.35. The number of nitrogens with one attached hydrogen (secondary N) is 1. The highest BCUT2D eigenvalue weighted by Gasteiger charge is 2.10. The number of amides is 1. The van der Waals surface area contributed by atoms with Gasteiger partial charge in [0.05, 0.1) is 12.8 Å². The molecule has 0 saturated carbocycles. The van der Waals surface area contributed by atoms with Gasteiger partial charge < -0.3 is 10.1 Å². The molecule has 0 atom stereocenters. The first-order valence-electron chi connectivity index (χ1n) is 7.94. The maximum absolute atomic E-state index is 13.7. The van der Waals surface area contributed by atoms with Crippen molar-refractivity contribution in [3.05, 3.63) is 75.2 Å². The third-order valence-electron chi connectivity index (χ3n) is 3.72. The Labute approximate surface area is 162 Å². The molecule has 2 aromatic carbocycles. The number of ether oxygens (including phenoxy) is 1. The molecule has 27 heavy (non-hydrogen) atoms. The van der Waals surface area contributed by atoms with Gasteiger partial charge in [0.2, 0.25) is 5.91 Å². The molecule has 8 heteroatoms. The van der Waals surface area contributed by atoms with Crippen molar-refractivity contribution in [3.63, 3.8) is 0 Å². The predicted molar refractivity (Wildman–Crippen MR) is 103 cm³/mol. The molecule has 6 nitrogen and oxygen atoms in total.